The maximum absolute atomic E-state index is 6.23. The number of rotatable bonds is 12. The van der Waals surface area contributed by atoms with Gasteiger partial charge in [0, 0.05) is 5.41 Å². The van der Waals surface area contributed by atoms with Gasteiger partial charge >= 0.3 is 0 Å². The molecule has 0 amide bonds. The largest absolute Gasteiger partial charge is 0.457 e. The van der Waals surface area contributed by atoms with Gasteiger partial charge in [-0.2, -0.15) is 0 Å². The number of hydrogen-bond acceptors (Lipinski definition) is 1. The van der Waals surface area contributed by atoms with E-state index >= 15 is 0 Å². The molecule has 0 bridgehead atoms. The van der Waals surface area contributed by atoms with Gasteiger partial charge in [0.05, 0.1) is 0 Å². The molecule has 2 aliphatic rings. The predicted molar refractivity (Wildman–Crippen MR) is 209 cm³/mol. The van der Waals surface area contributed by atoms with E-state index in [1.807, 2.05) is 0 Å². The van der Waals surface area contributed by atoms with Crippen LogP contribution in [0.5, 0.6) is 11.5 Å². The fourth-order valence-electron chi connectivity index (χ4n) is 9.00. The molecule has 0 heterocycles. The molecule has 1 heteroatoms. The Morgan fingerprint density at radius 3 is 1.41 bits per heavy atom. The maximum Gasteiger partial charge on any atom is 0.127 e. The minimum atomic E-state index is -0.00767. The minimum absolute atomic E-state index is 0.00767. The lowest BCUT2D eigenvalue weighted by Crippen LogP contribution is -2.37. The molecule has 0 saturated heterocycles. The summed E-state index contributed by atoms with van der Waals surface area (Å²) in [6.45, 7) is 14.4. The van der Waals surface area contributed by atoms with Crippen molar-refractivity contribution in [2.75, 3.05) is 0 Å². The zero-order chi connectivity index (χ0) is 34.4. The summed E-state index contributed by atoms with van der Waals surface area (Å²) in [7, 11) is 0. The highest BCUT2D eigenvalue weighted by Gasteiger charge is 2.39. The Morgan fingerprint density at radius 2 is 0.918 bits per heavy atom. The standard InChI is InChI=1S/C48H62O/c1-35-7-23-41(24-8-35)47(3,4)43-27-15-37(16-28-43)11-13-39-19-31-45(32-20-39)49-46-33-21-40(22-34-46)14-12-38-17-29-44(30-18-38)48(5,6)42-25-9-36(2)10-26-42/h7-8,15-16,19-24,27-28,31-34,36,38,42,44H,9-14,17-18,25-26,29-30H2,1-6H3. The molecule has 4 aromatic carbocycles. The Hall–Kier alpha value is -3.32. The van der Waals surface area contributed by atoms with Crippen LogP contribution in [0.25, 0.3) is 0 Å². The van der Waals surface area contributed by atoms with Crippen LogP contribution < -0.4 is 4.74 Å². The van der Waals surface area contributed by atoms with E-state index in [-0.39, 0.29) is 5.41 Å². The van der Waals surface area contributed by atoms with Gasteiger partial charge in [-0.25, -0.2) is 0 Å². The van der Waals surface area contributed by atoms with E-state index in [1.54, 1.807) is 0 Å². The highest BCUT2D eigenvalue weighted by molar-refractivity contribution is 5.40. The summed E-state index contributed by atoms with van der Waals surface area (Å²) in [5, 5.41) is 0. The summed E-state index contributed by atoms with van der Waals surface area (Å²) in [5.41, 5.74) is 8.69. The van der Waals surface area contributed by atoms with Gasteiger partial charge in [-0.05, 0) is 139 Å². The summed E-state index contributed by atoms with van der Waals surface area (Å²) in [4.78, 5) is 0. The van der Waals surface area contributed by atoms with Gasteiger partial charge in [0.2, 0.25) is 0 Å². The van der Waals surface area contributed by atoms with Gasteiger partial charge in [0.25, 0.3) is 0 Å². The molecule has 0 radical (unpaired) electrons. The van der Waals surface area contributed by atoms with Crippen LogP contribution in [0.3, 0.4) is 0 Å². The highest BCUT2D eigenvalue weighted by Crippen LogP contribution is 2.50. The lowest BCUT2D eigenvalue weighted by Gasteiger charge is -2.46. The molecule has 2 aliphatic carbocycles. The molecule has 0 aliphatic heterocycles. The molecule has 0 spiro atoms. The predicted octanol–water partition coefficient (Wildman–Crippen LogP) is 13.5. The average molecular weight is 655 g/mol. The highest BCUT2D eigenvalue weighted by atomic mass is 16.5. The third-order valence-corrected chi connectivity index (χ3v) is 13.0. The second kappa shape index (κ2) is 15.7. The van der Waals surface area contributed by atoms with Crippen molar-refractivity contribution in [1.82, 2.24) is 0 Å². The van der Waals surface area contributed by atoms with Crippen molar-refractivity contribution in [1.29, 1.82) is 0 Å². The molecule has 260 valence electrons. The van der Waals surface area contributed by atoms with Crippen LogP contribution in [0.4, 0.5) is 0 Å². The Kier molecular flexibility index (Phi) is 11.4. The first-order valence-corrected chi connectivity index (χ1v) is 19.6. The van der Waals surface area contributed by atoms with Crippen LogP contribution in [0.2, 0.25) is 0 Å². The van der Waals surface area contributed by atoms with E-state index in [0.29, 0.717) is 5.41 Å². The topological polar surface area (TPSA) is 9.23 Å². The third kappa shape index (κ3) is 9.08. The third-order valence-electron chi connectivity index (χ3n) is 13.0. The van der Waals surface area contributed by atoms with Crippen LogP contribution in [-0.2, 0) is 24.7 Å². The zero-order valence-corrected chi connectivity index (χ0v) is 31.4. The van der Waals surface area contributed by atoms with Crippen LogP contribution in [0, 0.1) is 36.0 Å². The molecule has 4 aromatic rings. The lowest BCUT2D eigenvalue weighted by molar-refractivity contribution is 0.0396. The molecule has 0 N–H and O–H groups in total. The monoisotopic (exact) mass is 654 g/mol. The lowest BCUT2D eigenvalue weighted by atomic mass is 9.59. The first-order chi connectivity index (χ1) is 23.6. The average Bonchev–Trinajstić information content (AvgIpc) is 3.12. The quantitative estimate of drug-likeness (QED) is 0.148. The van der Waals surface area contributed by atoms with Gasteiger partial charge in [-0.3, -0.25) is 0 Å². The molecular weight excluding hydrogens is 593 g/mol. The summed E-state index contributed by atoms with van der Waals surface area (Å²) < 4.78 is 6.23. The van der Waals surface area contributed by atoms with Crippen molar-refractivity contribution in [2.24, 2.45) is 29.1 Å². The van der Waals surface area contributed by atoms with E-state index < -0.39 is 0 Å². The number of hydrogen-bond donors (Lipinski definition) is 0. The zero-order valence-electron chi connectivity index (χ0n) is 31.4. The number of aryl methyl sites for hydroxylation is 4. The second-order valence-corrected chi connectivity index (χ2v) is 17.1. The molecule has 2 saturated carbocycles. The molecular formula is C48H62O. The van der Waals surface area contributed by atoms with Crippen LogP contribution in [0.15, 0.2) is 97.1 Å². The molecule has 6 rings (SSSR count). The molecule has 1 nitrogen and oxygen atoms in total. The van der Waals surface area contributed by atoms with Gasteiger partial charge in [-0.15, -0.1) is 0 Å². The van der Waals surface area contributed by atoms with Gasteiger partial charge in [0.1, 0.15) is 11.5 Å². The number of benzene rings is 4. The van der Waals surface area contributed by atoms with Crippen molar-refractivity contribution in [2.45, 2.75) is 124 Å². The SMILES string of the molecule is Cc1ccc(C(C)(C)c2ccc(CCc3ccc(Oc4ccc(CCC5CCC(C(C)(C)C6CCC(C)CC6)CC5)cc4)cc3)cc2)cc1. The van der Waals surface area contributed by atoms with E-state index in [4.69, 9.17) is 4.74 Å². The maximum atomic E-state index is 6.23. The van der Waals surface area contributed by atoms with Gasteiger partial charge in [-0.1, -0.05) is 139 Å². The van der Waals surface area contributed by atoms with Gasteiger partial charge < -0.3 is 4.74 Å². The van der Waals surface area contributed by atoms with Crippen LogP contribution in [-0.4, -0.2) is 0 Å². The molecule has 0 aromatic heterocycles. The van der Waals surface area contributed by atoms with Gasteiger partial charge in [0.15, 0.2) is 0 Å². The molecule has 0 unspecified atom stereocenters. The van der Waals surface area contributed by atoms with E-state index in [9.17, 15) is 0 Å². The number of ether oxygens (including phenoxy) is 1. The summed E-state index contributed by atoms with van der Waals surface area (Å²) in [6, 6.07) is 35.7. The Balaban J connectivity index is 0.919. The first kappa shape index (κ1) is 35.5. The fourth-order valence-corrected chi connectivity index (χ4v) is 9.00. The summed E-state index contributed by atoms with van der Waals surface area (Å²) in [5.74, 6) is 5.54. The minimum Gasteiger partial charge on any atom is -0.457 e. The van der Waals surface area contributed by atoms with E-state index in [0.717, 1.165) is 48.0 Å². The summed E-state index contributed by atoms with van der Waals surface area (Å²) in [6.07, 6.45) is 16.1. The van der Waals surface area contributed by atoms with Crippen LogP contribution in [0.1, 0.15) is 126 Å². The van der Waals surface area contributed by atoms with Crippen molar-refractivity contribution < 1.29 is 4.74 Å². The Bertz CT molecular complexity index is 1570. The van der Waals surface area contributed by atoms with Crippen molar-refractivity contribution in [3.63, 3.8) is 0 Å². The first-order valence-electron chi connectivity index (χ1n) is 19.6. The summed E-state index contributed by atoms with van der Waals surface area (Å²) >= 11 is 0. The molecule has 2 fully saturated rings. The van der Waals surface area contributed by atoms with Crippen molar-refractivity contribution in [3.8, 4) is 11.5 Å². The fraction of sp³-hybridized carbons (Fsp3) is 0.500. The Morgan fingerprint density at radius 1 is 0.510 bits per heavy atom. The smallest absolute Gasteiger partial charge is 0.127 e. The van der Waals surface area contributed by atoms with E-state index in [2.05, 4.69) is 139 Å². The molecule has 49 heavy (non-hydrogen) atoms. The normalized spacial score (nSPS) is 21.8. The van der Waals surface area contributed by atoms with Crippen molar-refractivity contribution in [3.05, 3.63) is 130 Å². The van der Waals surface area contributed by atoms with Crippen LogP contribution >= 0.6 is 0 Å². The molecule has 0 atom stereocenters. The Labute approximate surface area is 298 Å². The van der Waals surface area contributed by atoms with Crippen molar-refractivity contribution >= 4 is 0 Å². The van der Waals surface area contributed by atoms with E-state index in [1.165, 1.54) is 97.6 Å². The second-order valence-electron chi connectivity index (χ2n) is 17.1.